The molecule has 0 saturated carbocycles. The number of carbonyl (C=O) groups is 2. The molecule has 27 heavy (non-hydrogen) atoms. The quantitative estimate of drug-likeness (QED) is 0.708. The van der Waals surface area contributed by atoms with Gasteiger partial charge in [0.2, 0.25) is 0 Å². The van der Waals surface area contributed by atoms with Gasteiger partial charge in [0.15, 0.2) is 6.17 Å². The highest BCUT2D eigenvalue weighted by Crippen LogP contribution is 2.35. The van der Waals surface area contributed by atoms with Crippen LogP contribution in [-0.4, -0.2) is 23.9 Å². The highest BCUT2D eigenvalue weighted by Gasteiger charge is 2.36. The third-order valence-electron chi connectivity index (χ3n) is 4.54. The summed E-state index contributed by atoms with van der Waals surface area (Å²) in [6, 6.07) is 12.5. The first-order valence-corrected chi connectivity index (χ1v) is 8.46. The first-order valence-electron chi connectivity index (χ1n) is 8.46. The molecule has 0 radical (unpaired) electrons. The smallest absolute Gasteiger partial charge is 0.341 e. The Morgan fingerprint density at radius 1 is 1.26 bits per heavy atom. The molecule has 3 aromatic rings. The summed E-state index contributed by atoms with van der Waals surface area (Å²) in [5.74, 6) is 0.887. The van der Waals surface area contributed by atoms with E-state index in [1.165, 1.54) is 7.11 Å². The molecule has 1 aliphatic heterocycles. The fraction of sp³-hybridized carbons (Fsp3) is 0.200. The van der Waals surface area contributed by atoms with E-state index in [1.54, 1.807) is 42.4 Å². The molecule has 1 N–H and O–H groups in total. The molecule has 0 unspecified atom stereocenters. The van der Waals surface area contributed by atoms with E-state index in [9.17, 15) is 9.59 Å². The molecule has 138 valence electrons. The summed E-state index contributed by atoms with van der Waals surface area (Å²) in [6.45, 7) is 1.94. The zero-order chi connectivity index (χ0) is 19.0. The van der Waals surface area contributed by atoms with Gasteiger partial charge in [0.25, 0.3) is 5.91 Å². The minimum Gasteiger partial charge on any atom is -0.467 e. The lowest BCUT2D eigenvalue weighted by atomic mass is 10.1. The van der Waals surface area contributed by atoms with Gasteiger partial charge in [-0.3, -0.25) is 4.79 Å². The first kappa shape index (κ1) is 17.0. The summed E-state index contributed by atoms with van der Waals surface area (Å²) in [6.07, 6.45) is 0.974. The predicted octanol–water partition coefficient (Wildman–Crippen LogP) is 3.73. The molecule has 2 aromatic heterocycles. The van der Waals surface area contributed by atoms with Crippen LogP contribution in [-0.2, 0) is 11.3 Å². The summed E-state index contributed by atoms with van der Waals surface area (Å²) in [5.41, 5.74) is 1.60. The standard InChI is InChI=1S/C20H18N2O5/c1-12-15(20(24)25-2)10-17(27-12)18-21-16-8-4-3-7-14(16)19(23)22(18)11-13-6-5-9-26-13/h3-10,18,21H,11H2,1-2H3/t18-/m0/s1. The molecule has 1 aromatic carbocycles. The van der Waals surface area contributed by atoms with Gasteiger partial charge in [0.05, 0.1) is 25.5 Å². The molecule has 7 heteroatoms. The van der Waals surface area contributed by atoms with Crippen LogP contribution in [0.25, 0.3) is 0 Å². The number of amides is 1. The number of hydrogen-bond donors (Lipinski definition) is 1. The van der Waals surface area contributed by atoms with E-state index >= 15 is 0 Å². The SMILES string of the molecule is COC(=O)c1cc([C@H]2Nc3ccccc3C(=O)N2Cc2ccco2)oc1C. The summed E-state index contributed by atoms with van der Waals surface area (Å²) >= 11 is 0. The summed E-state index contributed by atoms with van der Waals surface area (Å²) < 4.78 is 16.0. The summed E-state index contributed by atoms with van der Waals surface area (Å²) in [7, 11) is 1.32. The van der Waals surface area contributed by atoms with E-state index in [2.05, 4.69) is 5.32 Å². The van der Waals surface area contributed by atoms with Crippen LogP contribution in [0, 0.1) is 6.92 Å². The van der Waals surface area contributed by atoms with Crippen molar-refractivity contribution in [1.29, 1.82) is 0 Å². The van der Waals surface area contributed by atoms with E-state index < -0.39 is 12.1 Å². The monoisotopic (exact) mass is 366 g/mol. The zero-order valence-electron chi connectivity index (χ0n) is 14.9. The normalized spacial score (nSPS) is 16.0. The molecule has 0 fully saturated rings. The maximum Gasteiger partial charge on any atom is 0.341 e. The highest BCUT2D eigenvalue weighted by molar-refractivity contribution is 6.01. The van der Waals surface area contributed by atoms with Crippen molar-refractivity contribution in [2.45, 2.75) is 19.6 Å². The van der Waals surface area contributed by atoms with Crippen molar-refractivity contribution >= 4 is 17.6 Å². The van der Waals surface area contributed by atoms with Gasteiger partial charge in [-0.25, -0.2) is 4.79 Å². The van der Waals surface area contributed by atoms with E-state index in [0.29, 0.717) is 34.1 Å². The molecule has 0 bridgehead atoms. The number of aryl methyl sites for hydroxylation is 1. The lowest BCUT2D eigenvalue weighted by Crippen LogP contribution is -2.42. The number of rotatable bonds is 4. The fourth-order valence-electron chi connectivity index (χ4n) is 3.20. The van der Waals surface area contributed by atoms with Gasteiger partial charge in [0, 0.05) is 5.69 Å². The Labute approximate surface area is 155 Å². The zero-order valence-corrected chi connectivity index (χ0v) is 14.9. The Bertz CT molecular complexity index is 990. The Hall–Kier alpha value is -3.48. The van der Waals surface area contributed by atoms with Crippen LogP contribution in [0.15, 0.2) is 57.6 Å². The molecule has 0 aliphatic carbocycles. The number of anilines is 1. The molecular formula is C20H18N2O5. The third-order valence-corrected chi connectivity index (χ3v) is 4.54. The van der Waals surface area contributed by atoms with E-state index in [0.717, 1.165) is 0 Å². The van der Waals surface area contributed by atoms with Crippen LogP contribution in [0.4, 0.5) is 5.69 Å². The molecule has 1 aliphatic rings. The Balaban J connectivity index is 1.76. The molecule has 0 saturated heterocycles. The Morgan fingerprint density at radius 2 is 2.07 bits per heavy atom. The van der Waals surface area contributed by atoms with Crippen molar-refractivity contribution in [2.24, 2.45) is 0 Å². The van der Waals surface area contributed by atoms with Crippen molar-refractivity contribution in [2.75, 3.05) is 12.4 Å². The topological polar surface area (TPSA) is 84.9 Å². The molecule has 7 nitrogen and oxygen atoms in total. The van der Waals surface area contributed by atoms with Gasteiger partial charge in [-0.15, -0.1) is 0 Å². The number of nitrogens with zero attached hydrogens (tertiary/aromatic N) is 1. The summed E-state index contributed by atoms with van der Waals surface area (Å²) in [5, 5.41) is 3.32. The number of ether oxygens (including phenoxy) is 1. The molecule has 4 rings (SSSR count). The summed E-state index contributed by atoms with van der Waals surface area (Å²) in [4.78, 5) is 26.7. The molecule has 0 spiro atoms. The average molecular weight is 366 g/mol. The predicted molar refractivity (Wildman–Crippen MR) is 96.2 cm³/mol. The van der Waals surface area contributed by atoms with Crippen LogP contribution in [0.5, 0.6) is 0 Å². The van der Waals surface area contributed by atoms with Crippen LogP contribution >= 0.6 is 0 Å². The fourth-order valence-corrected chi connectivity index (χ4v) is 3.20. The lowest BCUT2D eigenvalue weighted by molar-refractivity contribution is 0.0596. The van der Waals surface area contributed by atoms with E-state index in [4.69, 9.17) is 13.6 Å². The second kappa shape index (κ2) is 6.68. The number of furan rings is 2. The van der Waals surface area contributed by atoms with Gasteiger partial charge in [-0.05, 0) is 37.3 Å². The number of benzene rings is 1. The number of fused-ring (bicyclic) bond motifs is 1. The van der Waals surface area contributed by atoms with E-state index in [1.807, 2.05) is 18.2 Å². The second-order valence-electron chi connectivity index (χ2n) is 6.22. The number of nitrogens with one attached hydrogen (secondary N) is 1. The Morgan fingerprint density at radius 3 is 2.81 bits per heavy atom. The number of para-hydroxylation sites is 1. The molecule has 1 amide bonds. The second-order valence-corrected chi connectivity index (χ2v) is 6.22. The van der Waals surface area contributed by atoms with Crippen LogP contribution in [0.3, 0.4) is 0 Å². The van der Waals surface area contributed by atoms with E-state index in [-0.39, 0.29) is 12.5 Å². The number of methoxy groups -OCH3 is 1. The molecule has 1 atom stereocenters. The number of carbonyl (C=O) groups excluding carboxylic acids is 2. The van der Waals surface area contributed by atoms with Crippen molar-refractivity contribution in [3.05, 3.63) is 77.1 Å². The van der Waals surface area contributed by atoms with Gasteiger partial charge in [-0.2, -0.15) is 0 Å². The van der Waals surface area contributed by atoms with Crippen molar-refractivity contribution in [3.63, 3.8) is 0 Å². The van der Waals surface area contributed by atoms with Gasteiger partial charge in [-0.1, -0.05) is 12.1 Å². The first-order chi connectivity index (χ1) is 13.1. The van der Waals surface area contributed by atoms with Gasteiger partial charge >= 0.3 is 5.97 Å². The maximum atomic E-state index is 13.1. The highest BCUT2D eigenvalue weighted by atomic mass is 16.5. The minimum atomic E-state index is -0.588. The third kappa shape index (κ3) is 2.97. The van der Waals surface area contributed by atoms with Crippen LogP contribution in [0.2, 0.25) is 0 Å². The average Bonchev–Trinajstić information content (AvgIpc) is 3.33. The maximum absolute atomic E-state index is 13.1. The van der Waals surface area contributed by atoms with Crippen molar-refractivity contribution in [3.8, 4) is 0 Å². The lowest BCUT2D eigenvalue weighted by Gasteiger charge is -2.36. The van der Waals surface area contributed by atoms with Crippen LogP contribution < -0.4 is 5.32 Å². The number of esters is 1. The van der Waals surface area contributed by atoms with Gasteiger partial charge in [0.1, 0.15) is 22.8 Å². The largest absolute Gasteiger partial charge is 0.467 e. The van der Waals surface area contributed by atoms with Crippen molar-refractivity contribution in [1.82, 2.24) is 4.90 Å². The minimum absolute atomic E-state index is 0.153. The van der Waals surface area contributed by atoms with Crippen LogP contribution in [0.1, 0.15) is 44.2 Å². The molecule has 3 heterocycles. The number of hydrogen-bond acceptors (Lipinski definition) is 6. The van der Waals surface area contributed by atoms with Gasteiger partial charge < -0.3 is 23.8 Å². The Kier molecular flexibility index (Phi) is 4.19. The van der Waals surface area contributed by atoms with Crippen molar-refractivity contribution < 1.29 is 23.2 Å². The molecular weight excluding hydrogens is 348 g/mol.